The number of nitrogens with one attached hydrogen (secondary N) is 2. The molecule has 0 bridgehead atoms. The number of ether oxygens (including phenoxy) is 2. The third kappa shape index (κ3) is 8.75. The number of methoxy groups -OCH3 is 1. The number of pyridine rings is 1. The highest BCUT2D eigenvalue weighted by Crippen LogP contribution is 2.46. The lowest BCUT2D eigenvalue weighted by Crippen LogP contribution is -2.57. The SMILES string of the molecule is COc1ccc2c(O[C@@H]3C[C@H]4C(=O)NC5(C(=O)NS(=O)(=O)C6CC6)CC5/C=C\CCCCC[C@H](CC(=O)N5[C@H](C)CCC[C@@H]5C)C(=O)N4C3)cc(-c3ccccc3)nc2c1. The van der Waals surface area contributed by atoms with E-state index < -0.39 is 56.6 Å². The van der Waals surface area contributed by atoms with Crippen LogP contribution in [0.5, 0.6) is 11.5 Å². The number of fused-ring (bicyclic) bond motifs is 3. The van der Waals surface area contributed by atoms with Crippen LogP contribution in [0.15, 0.2) is 66.7 Å². The minimum absolute atomic E-state index is 0.0362. The second-order valence-corrected chi connectivity index (χ2v) is 19.5. The molecular formula is C46H57N5O8S. The number of hydrogen-bond acceptors (Lipinski definition) is 9. The van der Waals surface area contributed by atoms with Gasteiger partial charge in [-0.1, -0.05) is 55.3 Å². The quantitative estimate of drug-likeness (QED) is 0.244. The molecule has 0 radical (unpaired) electrons. The zero-order chi connectivity index (χ0) is 42.2. The van der Waals surface area contributed by atoms with E-state index in [2.05, 4.69) is 23.9 Å². The van der Waals surface area contributed by atoms with Crippen LogP contribution in [0, 0.1) is 11.8 Å². The highest BCUT2D eigenvalue weighted by atomic mass is 32.2. The summed E-state index contributed by atoms with van der Waals surface area (Å²) in [6, 6.07) is 16.2. The fraction of sp³-hybridized carbons (Fsp3) is 0.543. The Labute approximate surface area is 352 Å². The van der Waals surface area contributed by atoms with Crippen molar-refractivity contribution in [2.24, 2.45) is 11.8 Å². The number of piperidine rings is 1. The molecule has 2 aliphatic carbocycles. The molecule has 3 aromatic rings. The van der Waals surface area contributed by atoms with Crippen LogP contribution in [-0.4, -0.2) is 95.5 Å². The van der Waals surface area contributed by atoms with Crippen molar-refractivity contribution in [1.82, 2.24) is 24.8 Å². The lowest BCUT2D eigenvalue weighted by atomic mass is 9.92. The van der Waals surface area contributed by atoms with E-state index in [1.165, 1.54) is 0 Å². The molecule has 14 heteroatoms. The Kier molecular flexibility index (Phi) is 12.0. The molecule has 5 aliphatic rings. The zero-order valence-electron chi connectivity index (χ0n) is 34.8. The number of benzene rings is 2. The van der Waals surface area contributed by atoms with E-state index >= 15 is 4.79 Å². The molecule has 4 heterocycles. The van der Waals surface area contributed by atoms with Crippen molar-refractivity contribution in [3.05, 3.63) is 66.7 Å². The summed E-state index contributed by atoms with van der Waals surface area (Å²) in [4.78, 5) is 66.1. The summed E-state index contributed by atoms with van der Waals surface area (Å²) in [6.07, 6.45) is 11.1. The lowest BCUT2D eigenvalue weighted by molar-refractivity contribution is -0.147. The second-order valence-electron chi connectivity index (χ2n) is 17.6. The van der Waals surface area contributed by atoms with Gasteiger partial charge in [0, 0.05) is 59.8 Å². The van der Waals surface area contributed by atoms with Crippen LogP contribution in [0.2, 0.25) is 0 Å². The first-order valence-corrected chi connectivity index (χ1v) is 23.3. The summed E-state index contributed by atoms with van der Waals surface area (Å²) < 4.78 is 40.6. The molecule has 60 heavy (non-hydrogen) atoms. The second kappa shape index (κ2) is 17.2. The average Bonchev–Trinajstić information content (AvgIpc) is 4.16. The number of nitrogens with zero attached hydrogens (tertiary/aromatic N) is 3. The molecule has 7 atom stereocenters. The fourth-order valence-corrected chi connectivity index (χ4v) is 10.9. The average molecular weight is 840 g/mol. The van der Waals surface area contributed by atoms with Crippen molar-refractivity contribution in [3.63, 3.8) is 0 Å². The molecule has 320 valence electrons. The lowest BCUT2D eigenvalue weighted by Gasteiger charge is -2.40. The number of amides is 4. The molecule has 4 fully saturated rings. The van der Waals surface area contributed by atoms with Crippen molar-refractivity contribution >= 4 is 44.6 Å². The van der Waals surface area contributed by atoms with Gasteiger partial charge in [-0.2, -0.15) is 0 Å². The Hall–Kier alpha value is -4.98. The maximum absolute atomic E-state index is 15.0. The minimum atomic E-state index is -3.89. The molecule has 2 aromatic carbocycles. The fourth-order valence-electron chi connectivity index (χ4n) is 9.55. The van der Waals surface area contributed by atoms with Gasteiger partial charge in [0.05, 0.1) is 30.1 Å². The summed E-state index contributed by atoms with van der Waals surface area (Å²) >= 11 is 0. The number of likely N-dealkylation sites (tertiary alicyclic amines) is 1. The van der Waals surface area contributed by atoms with E-state index in [9.17, 15) is 22.8 Å². The topological polar surface area (TPSA) is 164 Å². The van der Waals surface area contributed by atoms with E-state index in [4.69, 9.17) is 14.5 Å². The van der Waals surface area contributed by atoms with Gasteiger partial charge in [-0.3, -0.25) is 23.9 Å². The van der Waals surface area contributed by atoms with Crippen LogP contribution in [0.4, 0.5) is 0 Å². The van der Waals surface area contributed by atoms with Crippen LogP contribution in [0.3, 0.4) is 0 Å². The van der Waals surface area contributed by atoms with E-state index in [-0.39, 0.29) is 49.7 Å². The number of hydrogen-bond donors (Lipinski definition) is 2. The van der Waals surface area contributed by atoms with Crippen LogP contribution in [-0.2, 0) is 29.2 Å². The largest absolute Gasteiger partial charge is 0.497 e. The molecule has 4 amide bonds. The van der Waals surface area contributed by atoms with Crippen LogP contribution in [0.25, 0.3) is 22.2 Å². The normalized spacial score (nSPS) is 29.3. The summed E-state index contributed by atoms with van der Waals surface area (Å²) in [7, 11) is -2.30. The minimum Gasteiger partial charge on any atom is -0.497 e. The van der Waals surface area contributed by atoms with Gasteiger partial charge in [-0.05, 0) is 83.8 Å². The maximum Gasteiger partial charge on any atom is 0.259 e. The zero-order valence-corrected chi connectivity index (χ0v) is 35.6. The molecule has 2 unspecified atom stereocenters. The Balaban J connectivity index is 1.13. The first-order chi connectivity index (χ1) is 28.9. The number of rotatable bonds is 9. The highest BCUT2D eigenvalue weighted by Gasteiger charge is 2.62. The summed E-state index contributed by atoms with van der Waals surface area (Å²) in [6.45, 7) is 4.20. The smallest absolute Gasteiger partial charge is 0.259 e. The molecule has 2 N–H and O–H groups in total. The molecule has 13 nitrogen and oxygen atoms in total. The van der Waals surface area contributed by atoms with E-state index in [1.807, 2.05) is 71.6 Å². The number of carbonyl (C=O) groups is 4. The van der Waals surface area contributed by atoms with Crippen molar-refractivity contribution in [3.8, 4) is 22.8 Å². The Morgan fingerprint density at radius 1 is 0.950 bits per heavy atom. The van der Waals surface area contributed by atoms with E-state index in [1.54, 1.807) is 12.0 Å². The number of allylic oxidation sites excluding steroid dienone is 1. The third-order valence-electron chi connectivity index (χ3n) is 13.2. The first kappa shape index (κ1) is 41.7. The number of sulfonamides is 1. The van der Waals surface area contributed by atoms with Crippen LogP contribution in [0.1, 0.15) is 97.3 Å². The Bertz CT molecular complexity index is 2250. The number of carbonyl (C=O) groups excluding carboxylic acids is 4. The Morgan fingerprint density at radius 2 is 1.72 bits per heavy atom. The monoisotopic (exact) mass is 839 g/mol. The van der Waals surface area contributed by atoms with Gasteiger partial charge in [0.15, 0.2) is 0 Å². The van der Waals surface area contributed by atoms with Crippen molar-refractivity contribution in [1.29, 1.82) is 0 Å². The third-order valence-corrected chi connectivity index (χ3v) is 15.0. The van der Waals surface area contributed by atoms with Gasteiger partial charge >= 0.3 is 0 Å². The highest BCUT2D eigenvalue weighted by molar-refractivity contribution is 7.91. The van der Waals surface area contributed by atoms with Crippen molar-refractivity contribution in [2.75, 3.05) is 13.7 Å². The van der Waals surface area contributed by atoms with Gasteiger partial charge in [-0.15, -0.1) is 0 Å². The van der Waals surface area contributed by atoms with Gasteiger partial charge in [-0.25, -0.2) is 13.4 Å². The standard InChI is InChI=1S/C46H57N5O8S/c1-29-13-12-14-30(2)51(29)42(52)23-32-17-8-5-4-6-11-18-33-27-46(33,45(55)49-60(56,57)36-20-21-36)48-43(53)40-25-35(28-50(40)44(32)54)59-41-26-38(31-15-9-7-10-16-31)47-39-24-34(58-3)19-22-37(39)41/h7,9-11,15-16,18-19,22,24,26,29-30,32-33,35-36,40H,4-6,8,12-14,17,20-21,23,25,27-28H2,1-3H3,(H,48,53)(H,49,55)/b18-11-/t29-,30+,32-,33?,35-,40+,46?/m1/s1. The predicted octanol–water partition coefficient (Wildman–Crippen LogP) is 6.06. The molecule has 8 rings (SSSR count). The van der Waals surface area contributed by atoms with Gasteiger partial charge in [0.25, 0.3) is 5.91 Å². The molecule has 3 aliphatic heterocycles. The van der Waals surface area contributed by atoms with E-state index in [0.29, 0.717) is 42.0 Å². The van der Waals surface area contributed by atoms with Gasteiger partial charge in [0.1, 0.15) is 29.2 Å². The number of aromatic nitrogens is 1. The first-order valence-electron chi connectivity index (χ1n) is 21.7. The maximum atomic E-state index is 15.0. The van der Waals surface area contributed by atoms with Crippen molar-refractivity contribution in [2.45, 2.75) is 132 Å². The summed E-state index contributed by atoms with van der Waals surface area (Å²) in [5.41, 5.74) is 0.721. The summed E-state index contributed by atoms with van der Waals surface area (Å²) in [5, 5.41) is 3.08. The van der Waals surface area contributed by atoms with Crippen molar-refractivity contribution < 1.29 is 37.1 Å². The molecular weight excluding hydrogens is 783 g/mol. The molecule has 0 spiro atoms. The summed E-state index contributed by atoms with van der Waals surface area (Å²) in [5.74, 6) is -1.59. The predicted molar refractivity (Wildman–Crippen MR) is 227 cm³/mol. The molecule has 1 aromatic heterocycles. The van der Waals surface area contributed by atoms with Gasteiger partial charge in [0.2, 0.25) is 27.7 Å². The molecule has 2 saturated heterocycles. The van der Waals surface area contributed by atoms with Gasteiger partial charge < -0.3 is 24.6 Å². The van der Waals surface area contributed by atoms with E-state index in [0.717, 1.165) is 55.9 Å². The van der Waals surface area contributed by atoms with Crippen LogP contribution >= 0.6 is 0 Å². The molecule has 2 saturated carbocycles. The van der Waals surface area contributed by atoms with Crippen LogP contribution < -0.4 is 19.5 Å². The Morgan fingerprint density at radius 3 is 2.45 bits per heavy atom.